The van der Waals surface area contributed by atoms with E-state index in [2.05, 4.69) is 4.98 Å². The molecule has 1 heterocycles. The lowest BCUT2D eigenvalue weighted by Gasteiger charge is -2.20. The Hall–Kier alpha value is -3.28. The average Bonchev–Trinajstić information content (AvgIpc) is 3.15. The van der Waals surface area contributed by atoms with Crippen molar-refractivity contribution >= 4 is 5.91 Å². The van der Waals surface area contributed by atoms with Gasteiger partial charge in [-0.3, -0.25) is 4.79 Å². The summed E-state index contributed by atoms with van der Waals surface area (Å²) < 4.78 is 12.8. The SMILES string of the molecule is COc1cc(C)cc(-c2nccn2[C@@H](Cc2ccccc2)C(N)=O)c1OC. The van der Waals surface area contributed by atoms with Gasteiger partial charge in [-0.15, -0.1) is 0 Å². The molecule has 1 amide bonds. The first-order valence-electron chi connectivity index (χ1n) is 8.64. The van der Waals surface area contributed by atoms with E-state index >= 15 is 0 Å². The maximum Gasteiger partial charge on any atom is 0.240 e. The summed E-state index contributed by atoms with van der Waals surface area (Å²) in [5, 5.41) is 0. The van der Waals surface area contributed by atoms with E-state index < -0.39 is 11.9 Å². The predicted octanol–water partition coefficient (Wildman–Crippen LogP) is 3.14. The number of primary amides is 1. The van der Waals surface area contributed by atoms with Gasteiger partial charge < -0.3 is 19.8 Å². The van der Waals surface area contributed by atoms with Crippen LogP contribution in [0, 0.1) is 6.92 Å². The van der Waals surface area contributed by atoms with Crippen LogP contribution in [0.2, 0.25) is 0 Å². The van der Waals surface area contributed by atoms with Gasteiger partial charge in [-0.25, -0.2) is 4.98 Å². The summed E-state index contributed by atoms with van der Waals surface area (Å²) in [6.07, 6.45) is 3.90. The van der Waals surface area contributed by atoms with Gasteiger partial charge in [0, 0.05) is 18.8 Å². The number of aryl methyl sites for hydroxylation is 1. The highest BCUT2D eigenvalue weighted by atomic mass is 16.5. The molecule has 2 N–H and O–H groups in total. The van der Waals surface area contributed by atoms with Crippen molar-refractivity contribution in [2.24, 2.45) is 5.73 Å². The third kappa shape index (κ3) is 3.79. The van der Waals surface area contributed by atoms with E-state index in [1.807, 2.05) is 49.4 Å². The Morgan fingerprint density at radius 1 is 1.19 bits per heavy atom. The standard InChI is InChI=1S/C21H23N3O3/c1-14-11-16(19(27-3)18(12-14)26-2)21-23-9-10-24(21)17(20(22)25)13-15-7-5-4-6-8-15/h4-12,17H,13H2,1-3H3,(H2,22,25)/t17-/m0/s1. The van der Waals surface area contributed by atoms with E-state index in [9.17, 15) is 4.79 Å². The van der Waals surface area contributed by atoms with E-state index in [-0.39, 0.29) is 0 Å². The van der Waals surface area contributed by atoms with Gasteiger partial charge in [0.1, 0.15) is 11.9 Å². The molecule has 0 aliphatic heterocycles. The lowest BCUT2D eigenvalue weighted by molar-refractivity contribution is -0.121. The van der Waals surface area contributed by atoms with Crippen molar-refractivity contribution in [3.8, 4) is 22.9 Å². The molecule has 0 spiro atoms. The maximum absolute atomic E-state index is 12.2. The molecule has 0 unspecified atom stereocenters. The fraction of sp³-hybridized carbons (Fsp3) is 0.238. The molecular formula is C21H23N3O3. The second-order valence-electron chi connectivity index (χ2n) is 6.31. The van der Waals surface area contributed by atoms with Gasteiger partial charge in [0.15, 0.2) is 11.5 Å². The van der Waals surface area contributed by atoms with Gasteiger partial charge in [-0.05, 0) is 30.2 Å². The van der Waals surface area contributed by atoms with Gasteiger partial charge in [0.2, 0.25) is 5.91 Å². The van der Waals surface area contributed by atoms with Crippen LogP contribution in [0.1, 0.15) is 17.2 Å². The summed E-state index contributed by atoms with van der Waals surface area (Å²) in [5.74, 6) is 1.37. The third-order valence-electron chi connectivity index (χ3n) is 4.47. The first-order valence-corrected chi connectivity index (χ1v) is 8.64. The van der Waals surface area contributed by atoms with E-state index in [0.29, 0.717) is 23.7 Å². The quantitative estimate of drug-likeness (QED) is 0.698. The zero-order valence-electron chi connectivity index (χ0n) is 15.7. The molecule has 2 aromatic carbocycles. The lowest BCUT2D eigenvalue weighted by atomic mass is 10.0. The lowest BCUT2D eigenvalue weighted by Crippen LogP contribution is -2.28. The highest BCUT2D eigenvalue weighted by molar-refractivity contribution is 5.80. The summed E-state index contributed by atoms with van der Waals surface area (Å²) in [4.78, 5) is 16.7. The normalized spacial score (nSPS) is 11.8. The summed E-state index contributed by atoms with van der Waals surface area (Å²) >= 11 is 0. The van der Waals surface area contributed by atoms with E-state index in [0.717, 1.165) is 16.7 Å². The average molecular weight is 365 g/mol. The van der Waals surface area contributed by atoms with Crippen LogP contribution in [0.25, 0.3) is 11.4 Å². The highest BCUT2D eigenvalue weighted by Crippen LogP contribution is 2.39. The molecule has 6 heteroatoms. The summed E-state index contributed by atoms with van der Waals surface area (Å²) in [6.45, 7) is 1.97. The molecule has 1 atom stereocenters. The smallest absolute Gasteiger partial charge is 0.240 e. The number of ether oxygens (including phenoxy) is 2. The molecule has 0 bridgehead atoms. The molecule has 0 saturated heterocycles. The van der Waals surface area contributed by atoms with Crippen molar-refractivity contribution in [3.63, 3.8) is 0 Å². The van der Waals surface area contributed by atoms with E-state index in [1.165, 1.54) is 0 Å². The number of rotatable bonds is 7. The molecule has 6 nitrogen and oxygen atoms in total. The highest BCUT2D eigenvalue weighted by Gasteiger charge is 2.24. The van der Waals surface area contributed by atoms with Crippen LogP contribution in [-0.4, -0.2) is 29.7 Å². The van der Waals surface area contributed by atoms with Crippen molar-refractivity contribution in [2.45, 2.75) is 19.4 Å². The van der Waals surface area contributed by atoms with Crippen molar-refractivity contribution in [2.75, 3.05) is 14.2 Å². The number of methoxy groups -OCH3 is 2. The van der Waals surface area contributed by atoms with Crippen LogP contribution in [0.4, 0.5) is 0 Å². The second kappa shape index (κ2) is 7.95. The molecule has 0 fully saturated rings. The van der Waals surface area contributed by atoms with Crippen LogP contribution in [0.3, 0.4) is 0 Å². The van der Waals surface area contributed by atoms with Crippen molar-refractivity contribution < 1.29 is 14.3 Å². The fourth-order valence-electron chi connectivity index (χ4n) is 3.21. The van der Waals surface area contributed by atoms with Crippen molar-refractivity contribution in [1.82, 2.24) is 9.55 Å². The Balaban J connectivity index is 2.10. The number of amides is 1. The molecule has 3 aromatic rings. The molecule has 140 valence electrons. The Bertz CT molecular complexity index is 935. The Morgan fingerprint density at radius 3 is 2.56 bits per heavy atom. The number of carbonyl (C=O) groups excluding carboxylic acids is 1. The first kappa shape index (κ1) is 18.5. The summed E-state index contributed by atoms with van der Waals surface area (Å²) in [6, 6.07) is 13.1. The van der Waals surface area contributed by atoms with Gasteiger partial charge in [0.05, 0.1) is 19.8 Å². The third-order valence-corrected chi connectivity index (χ3v) is 4.47. The minimum Gasteiger partial charge on any atom is -0.493 e. The monoisotopic (exact) mass is 365 g/mol. The number of nitrogens with zero attached hydrogens (tertiary/aromatic N) is 2. The predicted molar refractivity (Wildman–Crippen MR) is 104 cm³/mol. The largest absolute Gasteiger partial charge is 0.493 e. The zero-order chi connectivity index (χ0) is 19.4. The number of aromatic nitrogens is 2. The summed E-state index contributed by atoms with van der Waals surface area (Å²) in [7, 11) is 3.18. The van der Waals surface area contributed by atoms with Crippen LogP contribution in [0.5, 0.6) is 11.5 Å². The molecule has 27 heavy (non-hydrogen) atoms. The molecule has 0 aliphatic rings. The minimum atomic E-state index is -0.568. The molecule has 1 aromatic heterocycles. The van der Waals surface area contributed by atoms with Crippen LogP contribution < -0.4 is 15.2 Å². The molecule has 0 saturated carbocycles. The number of carbonyl (C=O) groups is 1. The number of imidazole rings is 1. The van der Waals surface area contributed by atoms with Gasteiger partial charge >= 0.3 is 0 Å². The van der Waals surface area contributed by atoms with Gasteiger partial charge in [-0.2, -0.15) is 0 Å². The topological polar surface area (TPSA) is 79.4 Å². The van der Waals surface area contributed by atoms with Gasteiger partial charge in [0.25, 0.3) is 0 Å². The van der Waals surface area contributed by atoms with Crippen LogP contribution in [-0.2, 0) is 11.2 Å². The molecular weight excluding hydrogens is 342 g/mol. The number of hydrogen-bond donors (Lipinski definition) is 1. The molecule has 3 rings (SSSR count). The number of hydrogen-bond acceptors (Lipinski definition) is 4. The Labute approximate surface area is 158 Å². The maximum atomic E-state index is 12.2. The Morgan fingerprint density at radius 2 is 1.93 bits per heavy atom. The molecule has 0 aliphatic carbocycles. The number of nitrogens with two attached hydrogens (primary N) is 1. The second-order valence-corrected chi connectivity index (χ2v) is 6.31. The van der Waals surface area contributed by atoms with Gasteiger partial charge in [-0.1, -0.05) is 30.3 Å². The zero-order valence-corrected chi connectivity index (χ0v) is 15.7. The Kier molecular flexibility index (Phi) is 5.45. The minimum absolute atomic E-state index is 0.420. The summed E-state index contributed by atoms with van der Waals surface area (Å²) in [5.41, 5.74) is 8.50. The first-order chi connectivity index (χ1) is 13.0. The molecule has 0 radical (unpaired) electrons. The van der Waals surface area contributed by atoms with Crippen molar-refractivity contribution in [1.29, 1.82) is 0 Å². The van der Waals surface area contributed by atoms with Crippen LogP contribution in [0.15, 0.2) is 54.9 Å². The van der Waals surface area contributed by atoms with E-state index in [1.54, 1.807) is 31.2 Å². The fourth-order valence-corrected chi connectivity index (χ4v) is 3.21. The van der Waals surface area contributed by atoms with Crippen LogP contribution >= 0.6 is 0 Å². The number of benzene rings is 2. The van der Waals surface area contributed by atoms with Crippen molar-refractivity contribution in [3.05, 3.63) is 66.0 Å². The van der Waals surface area contributed by atoms with E-state index in [4.69, 9.17) is 15.2 Å².